The first-order valence-corrected chi connectivity index (χ1v) is 9.91. The molecule has 1 aromatic carbocycles. The number of pyridine rings is 1. The van der Waals surface area contributed by atoms with Crippen molar-refractivity contribution in [3.05, 3.63) is 77.8 Å². The normalized spacial score (nSPS) is 11.3. The maximum Gasteiger partial charge on any atom is 0.252 e. The van der Waals surface area contributed by atoms with E-state index in [4.69, 9.17) is 0 Å². The van der Waals surface area contributed by atoms with Crippen molar-refractivity contribution < 1.29 is 4.79 Å². The van der Waals surface area contributed by atoms with Crippen molar-refractivity contribution in [2.24, 2.45) is 0 Å². The molecule has 0 aliphatic heterocycles. The van der Waals surface area contributed by atoms with Gasteiger partial charge in [-0.2, -0.15) is 4.98 Å². The molecule has 0 spiro atoms. The van der Waals surface area contributed by atoms with Crippen LogP contribution in [-0.4, -0.2) is 40.0 Å². The average Bonchev–Trinajstić information content (AvgIpc) is 3.37. The molecule has 1 N–H and O–H groups in total. The van der Waals surface area contributed by atoms with Gasteiger partial charge in [0.1, 0.15) is 12.1 Å². The van der Waals surface area contributed by atoms with Gasteiger partial charge < -0.3 is 5.32 Å². The Bertz CT molecular complexity index is 1400. The van der Waals surface area contributed by atoms with Crippen molar-refractivity contribution in [3.8, 4) is 5.82 Å². The second-order valence-corrected chi connectivity index (χ2v) is 7.36. The highest BCUT2D eigenvalue weighted by molar-refractivity contribution is 5.78. The summed E-state index contributed by atoms with van der Waals surface area (Å²) in [6.07, 6.45) is 3.60. The van der Waals surface area contributed by atoms with Gasteiger partial charge in [0.2, 0.25) is 5.91 Å². The molecule has 0 bridgehead atoms. The third kappa shape index (κ3) is 3.73. The smallest absolute Gasteiger partial charge is 0.252 e. The van der Waals surface area contributed by atoms with E-state index in [1.165, 1.54) is 0 Å². The van der Waals surface area contributed by atoms with Crippen LogP contribution in [0.4, 0.5) is 0 Å². The SMILES string of the molecule is Cc1cc(C)n2nc(CC(=O)NCc3ccc(-n4cnc5ccccc54)nc3)nc2n1. The number of para-hydroxylation sites is 2. The first kappa shape index (κ1) is 18.9. The highest BCUT2D eigenvalue weighted by Gasteiger charge is 2.12. The van der Waals surface area contributed by atoms with Crippen LogP contribution in [0.3, 0.4) is 0 Å². The molecule has 0 fully saturated rings. The zero-order valence-corrected chi connectivity index (χ0v) is 17.1. The summed E-state index contributed by atoms with van der Waals surface area (Å²) >= 11 is 0. The molecule has 0 aliphatic carbocycles. The summed E-state index contributed by atoms with van der Waals surface area (Å²) in [7, 11) is 0. The average molecular weight is 412 g/mol. The lowest BCUT2D eigenvalue weighted by molar-refractivity contribution is -0.120. The number of benzene rings is 1. The molecule has 1 amide bonds. The Morgan fingerprint density at radius 3 is 2.77 bits per heavy atom. The largest absolute Gasteiger partial charge is 0.352 e. The number of hydrogen-bond acceptors (Lipinski definition) is 6. The van der Waals surface area contributed by atoms with E-state index < -0.39 is 0 Å². The monoisotopic (exact) mass is 412 g/mol. The minimum Gasteiger partial charge on any atom is -0.352 e. The van der Waals surface area contributed by atoms with Gasteiger partial charge in [-0.25, -0.2) is 19.5 Å². The van der Waals surface area contributed by atoms with E-state index in [9.17, 15) is 4.79 Å². The summed E-state index contributed by atoms with van der Waals surface area (Å²) in [5.41, 5.74) is 4.61. The molecular formula is C22H20N8O. The Morgan fingerprint density at radius 1 is 1.06 bits per heavy atom. The number of imidazole rings is 1. The molecule has 0 saturated carbocycles. The molecule has 4 heterocycles. The Balaban J connectivity index is 1.24. The van der Waals surface area contributed by atoms with Gasteiger partial charge in [0.15, 0.2) is 5.82 Å². The van der Waals surface area contributed by atoms with Crippen molar-refractivity contribution in [2.45, 2.75) is 26.8 Å². The maximum absolute atomic E-state index is 12.4. The van der Waals surface area contributed by atoms with Crippen LogP contribution < -0.4 is 5.32 Å². The van der Waals surface area contributed by atoms with Gasteiger partial charge in [0.25, 0.3) is 5.78 Å². The molecule has 154 valence electrons. The molecule has 31 heavy (non-hydrogen) atoms. The van der Waals surface area contributed by atoms with Crippen LogP contribution in [0, 0.1) is 13.8 Å². The third-order valence-corrected chi connectivity index (χ3v) is 4.98. The molecule has 5 rings (SSSR count). The van der Waals surface area contributed by atoms with E-state index in [1.807, 2.05) is 60.9 Å². The number of aryl methyl sites for hydroxylation is 2. The molecule has 0 atom stereocenters. The second kappa shape index (κ2) is 7.60. The fourth-order valence-corrected chi connectivity index (χ4v) is 3.49. The van der Waals surface area contributed by atoms with Crippen molar-refractivity contribution >= 4 is 22.7 Å². The van der Waals surface area contributed by atoms with Gasteiger partial charge in [-0.1, -0.05) is 18.2 Å². The highest BCUT2D eigenvalue weighted by Crippen LogP contribution is 2.16. The van der Waals surface area contributed by atoms with Gasteiger partial charge in [-0.15, -0.1) is 5.10 Å². The minimum absolute atomic E-state index is 0.0917. The number of fused-ring (bicyclic) bond motifs is 2. The Labute approximate surface area is 177 Å². The van der Waals surface area contributed by atoms with E-state index in [0.29, 0.717) is 18.1 Å². The summed E-state index contributed by atoms with van der Waals surface area (Å²) < 4.78 is 3.59. The minimum atomic E-state index is -0.157. The number of rotatable bonds is 5. The van der Waals surface area contributed by atoms with E-state index in [0.717, 1.165) is 33.8 Å². The van der Waals surface area contributed by atoms with Crippen molar-refractivity contribution in [1.82, 2.24) is 39.4 Å². The van der Waals surface area contributed by atoms with Gasteiger partial charge in [0, 0.05) is 24.1 Å². The number of carbonyl (C=O) groups is 1. The predicted molar refractivity (Wildman–Crippen MR) is 115 cm³/mol. The number of aromatic nitrogens is 7. The summed E-state index contributed by atoms with van der Waals surface area (Å²) in [6.45, 7) is 4.21. The highest BCUT2D eigenvalue weighted by atomic mass is 16.1. The number of nitrogens with one attached hydrogen (secondary N) is 1. The number of nitrogens with zero attached hydrogens (tertiary/aromatic N) is 7. The zero-order valence-electron chi connectivity index (χ0n) is 17.1. The lowest BCUT2D eigenvalue weighted by Crippen LogP contribution is -2.25. The van der Waals surface area contributed by atoms with E-state index in [1.54, 1.807) is 17.0 Å². The molecule has 0 radical (unpaired) electrons. The number of amides is 1. The van der Waals surface area contributed by atoms with Gasteiger partial charge in [-0.05, 0) is 43.7 Å². The standard InChI is InChI=1S/C22H20N8O/c1-14-9-15(2)30-22(26-14)27-19(28-30)10-21(31)24-12-16-7-8-20(23-11-16)29-13-25-17-5-3-4-6-18(17)29/h3-9,11,13H,10,12H2,1-2H3,(H,24,31). The van der Waals surface area contributed by atoms with Crippen molar-refractivity contribution in [2.75, 3.05) is 0 Å². The lowest BCUT2D eigenvalue weighted by Gasteiger charge is -2.06. The molecule has 5 aromatic rings. The Kier molecular flexibility index (Phi) is 4.62. The predicted octanol–water partition coefficient (Wildman–Crippen LogP) is 2.33. The van der Waals surface area contributed by atoms with Gasteiger partial charge in [0.05, 0.1) is 17.5 Å². The third-order valence-electron chi connectivity index (χ3n) is 4.98. The van der Waals surface area contributed by atoms with Crippen LogP contribution in [0.15, 0.2) is 55.0 Å². The lowest BCUT2D eigenvalue weighted by atomic mass is 10.2. The zero-order chi connectivity index (χ0) is 21.4. The Hall–Kier alpha value is -4.14. The number of carbonyl (C=O) groups excluding carboxylic acids is 1. The van der Waals surface area contributed by atoms with Gasteiger partial charge in [-0.3, -0.25) is 9.36 Å². The first-order chi connectivity index (χ1) is 15.1. The molecule has 9 nitrogen and oxygen atoms in total. The fraction of sp³-hybridized carbons (Fsp3) is 0.182. The van der Waals surface area contributed by atoms with Crippen LogP contribution in [0.5, 0.6) is 0 Å². The molecular weight excluding hydrogens is 392 g/mol. The van der Waals surface area contributed by atoms with Crippen LogP contribution in [-0.2, 0) is 17.8 Å². The summed E-state index contributed by atoms with van der Waals surface area (Å²) in [5, 5.41) is 7.27. The molecule has 0 unspecified atom stereocenters. The fourth-order valence-electron chi connectivity index (χ4n) is 3.49. The van der Waals surface area contributed by atoms with E-state index in [-0.39, 0.29) is 12.3 Å². The number of hydrogen-bond donors (Lipinski definition) is 1. The topological polar surface area (TPSA) is 103 Å². The van der Waals surface area contributed by atoms with Crippen LogP contribution in [0.2, 0.25) is 0 Å². The van der Waals surface area contributed by atoms with Gasteiger partial charge >= 0.3 is 0 Å². The first-order valence-electron chi connectivity index (χ1n) is 9.91. The van der Waals surface area contributed by atoms with Crippen LogP contribution in [0.25, 0.3) is 22.6 Å². The van der Waals surface area contributed by atoms with Crippen LogP contribution >= 0.6 is 0 Å². The van der Waals surface area contributed by atoms with Crippen molar-refractivity contribution in [3.63, 3.8) is 0 Å². The summed E-state index contributed by atoms with van der Waals surface area (Å²) in [5.74, 6) is 1.57. The summed E-state index contributed by atoms with van der Waals surface area (Å²) in [6, 6.07) is 13.7. The molecule has 4 aromatic heterocycles. The van der Waals surface area contributed by atoms with Crippen LogP contribution in [0.1, 0.15) is 22.8 Å². The summed E-state index contributed by atoms with van der Waals surface area (Å²) in [4.78, 5) is 30.0. The molecule has 0 aliphatic rings. The quantitative estimate of drug-likeness (QED) is 0.475. The van der Waals surface area contributed by atoms with Crippen molar-refractivity contribution in [1.29, 1.82) is 0 Å². The van der Waals surface area contributed by atoms with E-state index >= 15 is 0 Å². The van der Waals surface area contributed by atoms with E-state index in [2.05, 4.69) is 30.4 Å². The maximum atomic E-state index is 12.4. The second-order valence-electron chi connectivity index (χ2n) is 7.36. The molecule has 9 heteroatoms. The Morgan fingerprint density at radius 2 is 1.94 bits per heavy atom. The molecule has 0 saturated heterocycles.